The van der Waals surface area contributed by atoms with Crippen molar-refractivity contribution in [3.63, 3.8) is 0 Å². The first-order chi connectivity index (χ1) is 9.16. The van der Waals surface area contributed by atoms with E-state index in [0.29, 0.717) is 5.92 Å². The molecule has 0 aliphatic heterocycles. The van der Waals surface area contributed by atoms with Crippen molar-refractivity contribution in [2.45, 2.75) is 27.2 Å². The summed E-state index contributed by atoms with van der Waals surface area (Å²) in [4.78, 5) is 0. The zero-order valence-electron chi connectivity index (χ0n) is 12.1. The van der Waals surface area contributed by atoms with E-state index in [1.807, 2.05) is 18.2 Å². The lowest BCUT2D eigenvalue weighted by Crippen LogP contribution is -1.92. The van der Waals surface area contributed by atoms with Gasteiger partial charge in [-0.1, -0.05) is 85.7 Å². The average molecular weight is 250 g/mol. The molecular formula is C19H22. The van der Waals surface area contributed by atoms with Crippen LogP contribution in [0.25, 0.3) is 6.08 Å². The van der Waals surface area contributed by atoms with Gasteiger partial charge in [0, 0.05) is 0 Å². The molecule has 0 saturated heterocycles. The van der Waals surface area contributed by atoms with E-state index in [1.54, 1.807) is 5.57 Å². The standard InChI is InChI=1S/C12H14.C7H8/c1-9(2)12-7-10-5-3-4-6-11(10)8-12;1-7-5-3-2-4-6-7/h3-7,9H,8H2,1-2H3;2-6H,1H3. The van der Waals surface area contributed by atoms with Gasteiger partial charge < -0.3 is 0 Å². The van der Waals surface area contributed by atoms with Gasteiger partial charge in [-0.25, -0.2) is 0 Å². The van der Waals surface area contributed by atoms with Crippen LogP contribution in [0.15, 0.2) is 60.2 Å². The lowest BCUT2D eigenvalue weighted by atomic mass is 10.0. The Hall–Kier alpha value is -1.82. The number of allylic oxidation sites excluding steroid dienone is 1. The van der Waals surface area contributed by atoms with Gasteiger partial charge in [-0.3, -0.25) is 0 Å². The first kappa shape index (κ1) is 13.6. The molecule has 0 N–H and O–H groups in total. The van der Waals surface area contributed by atoms with Crippen LogP contribution in [0.1, 0.15) is 30.5 Å². The minimum atomic E-state index is 0.692. The molecule has 0 fully saturated rings. The molecule has 0 saturated carbocycles. The maximum atomic E-state index is 2.33. The van der Waals surface area contributed by atoms with Crippen LogP contribution in [-0.4, -0.2) is 0 Å². The van der Waals surface area contributed by atoms with Gasteiger partial charge in [-0.15, -0.1) is 0 Å². The molecule has 0 atom stereocenters. The topological polar surface area (TPSA) is 0 Å². The number of benzene rings is 2. The second-order valence-corrected chi connectivity index (χ2v) is 5.40. The quantitative estimate of drug-likeness (QED) is 0.646. The van der Waals surface area contributed by atoms with Crippen molar-refractivity contribution in [3.05, 3.63) is 76.9 Å². The van der Waals surface area contributed by atoms with Gasteiger partial charge in [0.2, 0.25) is 0 Å². The summed E-state index contributed by atoms with van der Waals surface area (Å²) in [5.41, 5.74) is 5.79. The third-order valence-corrected chi connectivity index (χ3v) is 3.47. The van der Waals surface area contributed by atoms with Crippen molar-refractivity contribution in [1.82, 2.24) is 0 Å². The third-order valence-electron chi connectivity index (χ3n) is 3.47. The highest BCUT2D eigenvalue weighted by atomic mass is 14.2. The number of rotatable bonds is 1. The summed E-state index contributed by atoms with van der Waals surface area (Å²) in [6.45, 7) is 6.61. The van der Waals surface area contributed by atoms with E-state index in [1.165, 1.54) is 16.7 Å². The van der Waals surface area contributed by atoms with Crippen molar-refractivity contribution >= 4 is 6.08 Å². The smallest absolute Gasteiger partial charge is 0.00553 e. The van der Waals surface area contributed by atoms with Gasteiger partial charge >= 0.3 is 0 Å². The Bertz CT molecular complexity index is 547. The van der Waals surface area contributed by atoms with Crippen LogP contribution in [-0.2, 0) is 6.42 Å². The Morgan fingerprint density at radius 3 is 2.00 bits per heavy atom. The second kappa shape index (κ2) is 6.38. The van der Waals surface area contributed by atoms with Crippen molar-refractivity contribution in [2.75, 3.05) is 0 Å². The lowest BCUT2D eigenvalue weighted by Gasteiger charge is -2.04. The summed E-state index contributed by atoms with van der Waals surface area (Å²) < 4.78 is 0. The Balaban J connectivity index is 0.000000163. The summed E-state index contributed by atoms with van der Waals surface area (Å²) in [5, 5.41) is 0. The van der Waals surface area contributed by atoms with Crippen LogP contribution in [0.4, 0.5) is 0 Å². The third kappa shape index (κ3) is 3.82. The molecule has 0 spiro atoms. The normalized spacial score (nSPS) is 12.5. The number of hydrogen-bond donors (Lipinski definition) is 0. The van der Waals surface area contributed by atoms with E-state index in [-0.39, 0.29) is 0 Å². The molecule has 0 amide bonds. The molecule has 0 radical (unpaired) electrons. The van der Waals surface area contributed by atoms with Crippen LogP contribution in [0.2, 0.25) is 0 Å². The highest BCUT2D eigenvalue weighted by molar-refractivity contribution is 5.63. The van der Waals surface area contributed by atoms with Crippen LogP contribution in [0.3, 0.4) is 0 Å². The van der Waals surface area contributed by atoms with E-state index in [9.17, 15) is 0 Å². The molecule has 0 aromatic heterocycles. The Kier molecular flexibility index (Phi) is 4.57. The Morgan fingerprint density at radius 2 is 1.47 bits per heavy atom. The maximum absolute atomic E-state index is 2.33. The summed E-state index contributed by atoms with van der Waals surface area (Å²) >= 11 is 0. The van der Waals surface area contributed by atoms with Gasteiger partial charge in [0.05, 0.1) is 0 Å². The molecule has 0 nitrogen and oxygen atoms in total. The molecule has 2 aromatic carbocycles. The zero-order chi connectivity index (χ0) is 13.7. The van der Waals surface area contributed by atoms with Crippen LogP contribution < -0.4 is 0 Å². The van der Waals surface area contributed by atoms with E-state index in [4.69, 9.17) is 0 Å². The largest absolute Gasteiger partial charge is 0.0626 e. The van der Waals surface area contributed by atoms with Crippen LogP contribution in [0.5, 0.6) is 0 Å². The fraction of sp³-hybridized carbons (Fsp3) is 0.263. The van der Waals surface area contributed by atoms with E-state index in [2.05, 4.69) is 63.2 Å². The highest BCUT2D eigenvalue weighted by Gasteiger charge is 2.13. The van der Waals surface area contributed by atoms with Gasteiger partial charge in [-0.05, 0) is 30.4 Å². The van der Waals surface area contributed by atoms with Crippen molar-refractivity contribution in [3.8, 4) is 0 Å². The molecule has 0 heteroatoms. The number of hydrogen-bond acceptors (Lipinski definition) is 0. The molecule has 3 rings (SSSR count). The van der Waals surface area contributed by atoms with Gasteiger partial charge in [0.1, 0.15) is 0 Å². The summed E-state index contributed by atoms with van der Waals surface area (Å²) in [5.74, 6) is 0.692. The molecule has 1 aliphatic rings. The first-order valence-corrected chi connectivity index (χ1v) is 6.97. The minimum Gasteiger partial charge on any atom is -0.0626 e. The lowest BCUT2D eigenvalue weighted by molar-refractivity contribution is 0.754. The van der Waals surface area contributed by atoms with Crippen LogP contribution in [0, 0.1) is 12.8 Å². The van der Waals surface area contributed by atoms with Gasteiger partial charge in [0.15, 0.2) is 0 Å². The molecule has 2 aromatic rings. The molecule has 0 unspecified atom stereocenters. The Morgan fingerprint density at radius 1 is 0.842 bits per heavy atom. The average Bonchev–Trinajstić information content (AvgIpc) is 2.84. The number of aryl methyl sites for hydroxylation is 1. The van der Waals surface area contributed by atoms with Gasteiger partial charge in [0.25, 0.3) is 0 Å². The van der Waals surface area contributed by atoms with Gasteiger partial charge in [-0.2, -0.15) is 0 Å². The van der Waals surface area contributed by atoms with Crippen molar-refractivity contribution in [2.24, 2.45) is 5.92 Å². The first-order valence-electron chi connectivity index (χ1n) is 6.97. The predicted molar refractivity (Wildman–Crippen MR) is 84.1 cm³/mol. The molecular weight excluding hydrogens is 228 g/mol. The fourth-order valence-electron chi connectivity index (χ4n) is 2.21. The monoisotopic (exact) mass is 250 g/mol. The van der Waals surface area contributed by atoms with Crippen LogP contribution >= 0.6 is 0 Å². The second-order valence-electron chi connectivity index (χ2n) is 5.40. The highest BCUT2D eigenvalue weighted by Crippen LogP contribution is 2.28. The van der Waals surface area contributed by atoms with Crippen molar-refractivity contribution in [1.29, 1.82) is 0 Å². The maximum Gasteiger partial charge on any atom is -0.00553 e. The summed E-state index contributed by atoms with van der Waals surface area (Å²) in [7, 11) is 0. The zero-order valence-corrected chi connectivity index (χ0v) is 12.1. The molecule has 98 valence electrons. The van der Waals surface area contributed by atoms with Crippen molar-refractivity contribution < 1.29 is 0 Å². The summed E-state index contributed by atoms with van der Waals surface area (Å²) in [6.07, 6.45) is 3.49. The SMILES string of the molecule is CC(C)C1=Cc2ccccc2C1.Cc1ccccc1. The molecule has 1 aliphatic carbocycles. The van der Waals surface area contributed by atoms with E-state index >= 15 is 0 Å². The minimum absolute atomic E-state index is 0.692. The molecule has 19 heavy (non-hydrogen) atoms. The molecule has 0 heterocycles. The van der Waals surface area contributed by atoms with E-state index in [0.717, 1.165) is 6.42 Å². The Labute approximate surface area is 116 Å². The number of fused-ring (bicyclic) bond motifs is 1. The molecule has 0 bridgehead atoms. The van der Waals surface area contributed by atoms with E-state index < -0.39 is 0 Å². The fourth-order valence-corrected chi connectivity index (χ4v) is 2.21. The predicted octanol–water partition coefficient (Wildman–Crippen LogP) is 5.28. The summed E-state index contributed by atoms with van der Waals surface area (Å²) in [6, 6.07) is 18.9.